The summed E-state index contributed by atoms with van der Waals surface area (Å²) in [6.45, 7) is 0. The summed E-state index contributed by atoms with van der Waals surface area (Å²) in [6, 6.07) is 54.6. The number of imide groups is 1. The number of para-hydroxylation sites is 3. The second-order valence-electron chi connectivity index (χ2n) is 12.8. The van der Waals surface area contributed by atoms with Crippen LogP contribution in [-0.2, 0) is 0 Å². The fourth-order valence-electron chi connectivity index (χ4n) is 7.78. The SMILES string of the molecule is N#Cc1cc(N2C(=O)c3ccccc3C2=O)cc(-n2c3ccccc3c3cc(-c4ccc5c(c4)c4ccccc4n5-c4ccccc4)ccc32)c1. The number of carbonyl (C=O) groups is 2. The number of fused-ring (bicyclic) bond motifs is 7. The van der Waals surface area contributed by atoms with E-state index in [1.807, 2.05) is 24.3 Å². The Bertz CT molecular complexity index is 2950. The van der Waals surface area contributed by atoms with E-state index in [0.29, 0.717) is 28.1 Å². The first-order valence-electron chi connectivity index (χ1n) is 16.7. The topological polar surface area (TPSA) is 71.0 Å². The Morgan fingerprint density at radius 2 is 0.882 bits per heavy atom. The van der Waals surface area contributed by atoms with Gasteiger partial charge in [-0.2, -0.15) is 5.26 Å². The minimum atomic E-state index is -0.396. The van der Waals surface area contributed by atoms with E-state index in [1.165, 1.54) is 15.7 Å². The molecule has 0 N–H and O–H groups in total. The number of hydrogen-bond acceptors (Lipinski definition) is 3. The predicted octanol–water partition coefficient (Wildman–Crippen LogP) is 10.2. The minimum Gasteiger partial charge on any atom is -0.309 e. The van der Waals surface area contributed by atoms with Crippen LogP contribution in [0.5, 0.6) is 0 Å². The summed E-state index contributed by atoms with van der Waals surface area (Å²) in [6.07, 6.45) is 0. The fraction of sp³-hybridized carbons (Fsp3) is 0. The molecule has 1 aliphatic heterocycles. The molecule has 7 aromatic carbocycles. The molecule has 238 valence electrons. The third-order valence-electron chi connectivity index (χ3n) is 10.0. The molecule has 1 aliphatic rings. The number of hydrogen-bond donors (Lipinski definition) is 0. The zero-order valence-corrected chi connectivity index (χ0v) is 27.1. The maximum atomic E-state index is 13.4. The van der Waals surface area contributed by atoms with Crippen LogP contribution in [0.1, 0.15) is 26.3 Å². The van der Waals surface area contributed by atoms with Gasteiger partial charge in [0.2, 0.25) is 0 Å². The summed E-state index contributed by atoms with van der Waals surface area (Å²) in [7, 11) is 0. The quantitative estimate of drug-likeness (QED) is 0.177. The molecular weight excluding hydrogens is 629 g/mol. The van der Waals surface area contributed by atoms with Crippen LogP contribution in [0.15, 0.2) is 158 Å². The number of benzene rings is 7. The highest BCUT2D eigenvalue weighted by molar-refractivity contribution is 6.34. The molecule has 2 aromatic heterocycles. The Balaban J connectivity index is 1.14. The summed E-state index contributed by atoms with van der Waals surface area (Å²) in [5.74, 6) is -0.792. The molecule has 6 heteroatoms. The molecule has 0 saturated carbocycles. The van der Waals surface area contributed by atoms with Crippen molar-refractivity contribution in [2.24, 2.45) is 0 Å². The summed E-state index contributed by atoms with van der Waals surface area (Å²) in [4.78, 5) is 28.1. The van der Waals surface area contributed by atoms with Crippen molar-refractivity contribution in [3.05, 3.63) is 174 Å². The molecule has 6 nitrogen and oxygen atoms in total. The summed E-state index contributed by atoms with van der Waals surface area (Å²) in [5, 5.41) is 14.6. The molecule has 0 unspecified atom stereocenters. The maximum Gasteiger partial charge on any atom is 0.266 e. The highest BCUT2D eigenvalue weighted by Crippen LogP contribution is 2.39. The highest BCUT2D eigenvalue weighted by atomic mass is 16.2. The van der Waals surface area contributed by atoms with E-state index in [0.717, 1.165) is 49.7 Å². The first-order valence-corrected chi connectivity index (χ1v) is 16.7. The van der Waals surface area contributed by atoms with Gasteiger partial charge < -0.3 is 9.13 Å². The second kappa shape index (κ2) is 10.9. The molecule has 10 rings (SSSR count). The minimum absolute atomic E-state index is 0.351. The predicted molar refractivity (Wildman–Crippen MR) is 203 cm³/mol. The van der Waals surface area contributed by atoms with E-state index in [1.54, 1.807) is 36.4 Å². The van der Waals surface area contributed by atoms with Crippen molar-refractivity contribution < 1.29 is 9.59 Å². The van der Waals surface area contributed by atoms with E-state index in [2.05, 4.69) is 112 Å². The fourth-order valence-corrected chi connectivity index (χ4v) is 7.78. The molecule has 0 atom stereocenters. The highest BCUT2D eigenvalue weighted by Gasteiger charge is 2.36. The number of rotatable bonds is 4. The van der Waals surface area contributed by atoms with Crippen molar-refractivity contribution in [1.29, 1.82) is 5.26 Å². The van der Waals surface area contributed by atoms with Crippen molar-refractivity contribution in [3.8, 4) is 28.6 Å². The van der Waals surface area contributed by atoms with Gasteiger partial charge >= 0.3 is 0 Å². The lowest BCUT2D eigenvalue weighted by Crippen LogP contribution is -2.29. The molecule has 51 heavy (non-hydrogen) atoms. The Morgan fingerprint density at radius 1 is 0.412 bits per heavy atom. The van der Waals surface area contributed by atoms with Gasteiger partial charge in [0.05, 0.1) is 50.5 Å². The Hall–Kier alpha value is -7.23. The Kier molecular flexibility index (Phi) is 6.14. The molecule has 0 radical (unpaired) electrons. The number of carbonyl (C=O) groups excluding carboxylic acids is 2. The molecule has 0 bridgehead atoms. The molecular formula is C45H26N4O2. The molecule has 9 aromatic rings. The Morgan fingerprint density at radius 3 is 1.45 bits per heavy atom. The lowest BCUT2D eigenvalue weighted by Gasteiger charge is -2.17. The van der Waals surface area contributed by atoms with Crippen LogP contribution in [0, 0.1) is 11.3 Å². The first-order chi connectivity index (χ1) is 25.1. The van der Waals surface area contributed by atoms with E-state index < -0.39 is 11.8 Å². The zero-order chi connectivity index (χ0) is 34.2. The normalized spacial score (nSPS) is 12.7. The van der Waals surface area contributed by atoms with Crippen LogP contribution in [0.2, 0.25) is 0 Å². The van der Waals surface area contributed by atoms with Gasteiger partial charge in [-0.15, -0.1) is 0 Å². The van der Waals surface area contributed by atoms with Crippen LogP contribution in [0.25, 0.3) is 66.1 Å². The number of aromatic nitrogens is 2. The van der Waals surface area contributed by atoms with Crippen molar-refractivity contribution in [3.63, 3.8) is 0 Å². The van der Waals surface area contributed by atoms with Crippen LogP contribution < -0.4 is 4.90 Å². The van der Waals surface area contributed by atoms with E-state index in [-0.39, 0.29) is 0 Å². The Labute approximate surface area is 292 Å². The van der Waals surface area contributed by atoms with Crippen LogP contribution >= 0.6 is 0 Å². The number of nitriles is 1. The molecule has 0 spiro atoms. The number of nitrogens with zero attached hydrogens (tertiary/aromatic N) is 4. The van der Waals surface area contributed by atoms with Gasteiger partial charge in [-0.05, 0) is 90.0 Å². The monoisotopic (exact) mass is 654 g/mol. The van der Waals surface area contributed by atoms with Crippen molar-refractivity contribution in [2.75, 3.05) is 4.90 Å². The van der Waals surface area contributed by atoms with Crippen LogP contribution in [0.3, 0.4) is 0 Å². The summed E-state index contributed by atoms with van der Waals surface area (Å²) >= 11 is 0. The average Bonchev–Trinajstić information content (AvgIpc) is 3.79. The van der Waals surface area contributed by atoms with E-state index >= 15 is 0 Å². The lowest BCUT2D eigenvalue weighted by atomic mass is 10.0. The van der Waals surface area contributed by atoms with Crippen molar-refractivity contribution in [2.45, 2.75) is 0 Å². The number of amides is 2. The van der Waals surface area contributed by atoms with Gasteiger partial charge in [0, 0.05) is 32.9 Å². The molecule has 0 fully saturated rings. The second-order valence-corrected chi connectivity index (χ2v) is 12.8. The summed E-state index contributed by atoms with van der Waals surface area (Å²) in [5.41, 5.74) is 9.65. The zero-order valence-electron chi connectivity index (χ0n) is 27.1. The number of anilines is 1. The van der Waals surface area contributed by atoms with E-state index in [9.17, 15) is 14.9 Å². The molecule has 2 amide bonds. The molecule has 0 aliphatic carbocycles. The van der Waals surface area contributed by atoms with Gasteiger partial charge in [-0.25, -0.2) is 4.90 Å². The molecule has 3 heterocycles. The third-order valence-corrected chi connectivity index (χ3v) is 10.0. The largest absolute Gasteiger partial charge is 0.309 e. The van der Waals surface area contributed by atoms with E-state index in [4.69, 9.17) is 0 Å². The van der Waals surface area contributed by atoms with Crippen LogP contribution in [-0.4, -0.2) is 20.9 Å². The van der Waals surface area contributed by atoms with Gasteiger partial charge in [-0.1, -0.05) is 78.9 Å². The third kappa shape index (κ3) is 4.22. The average molecular weight is 655 g/mol. The first kappa shape index (κ1) is 28.8. The van der Waals surface area contributed by atoms with Crippen molar-refractivity contribution >= 4 is 61.1 Å². The van der Waals surface area contributed by atoms with Gasteiger partial charge in [0.15, 0.2) is 0 Å². The lowest BCUT2D eigenvalue weighted by molar-refractivity contribution is 0.0926. The maximum absolute atomic E-state index is 13.4. The standard InChI is InChI=1S/C45H26N4O2/c46-27-28-22-32(26-33(23-28)49-44(50)36-14-4-5-15-37(36)45(49)51)48-41-17-9-7-13-35(41)39-25-30(19-21-43(39)48)29-18-20-42-38(24-29)34-12-6-8-16-40(34)47(42)31-10-2-1-3-11-31/h1-26H. The van der Waals surface area contributed by atoms with Gasteiger partial charge in [0.25, 0.3) is 11.8 Å². The van der Waals surface area contributed by atoms with Gasteiger partial charge in [0.1, 0.15) is 0 Å². The smallest absolute Gasteiger partial charge is 0.266 e. The van der Waals surface area contributed by atoms with Crippen molar-refractivity contribution in [1.82, 2.24) is 9.13 Å². The molecule has 0 saturated heterocycles. The van der Waals surface area contributed by atoms with Gasteiger partial charge in [-0.3, -0.25) is 9.59 Å². The van der Waals surface area contributed by atoms with Crippen LogP contribution in [0.4, 0.5) is 5.69 Å². The summed E-state index contributed by atoms with van der Waals surface area (Å²) < 4.78 is 4.42.